The van der Waals surface area contributed by atoms with Gasteiger partial charge in [0, 0.05) is 23.6 Å². The molecule has 0 saturated heterocycles. The van der Waals surface area contributed by atoms with Crippen LogP contribution in [0.3, 0.4) is 0 Å². The Morgan fingerprint density at radius 3 is 2.65 bits per heavy atom. The molecule has 20 heavy (non-hydrogen) atoms. The topological polar surface area (TPSA) is 75.9 Å². The number of hydrogen-bond donors (Lipinski definition) is 3. The van der Waals surface area contributed by atoms with Crippen LogP contribution in [-0.2, 0) is 6.54 Å². The van der Waals surface area contributed by atoms with Gasteiger partial charge in [0.05, 0.1) is 0 Å². The molecule has 1 aromatic heterocycles. The Balaban J connectivity index is 1.76. The van der Waals surface area contributed by atoms with E-state index >= 15 is 0 Å². The van der Waals surface area contributed by atoms with Gasteiger partial charge in [-0.15, -0.1) is 0 Å². The van der Waals surface area contributed by atoms with E-state index in [0.29, 0.717) is 18.3 Å². The summed E-state index contributed by atoms with van der Waals surface area (Å²) < 4.78 is 0. The lowest BCUT2D eigenvalue weighted by Crippen LogP contribution is -2.12. The molecule has 2 aromatic rings. The van der Waals surface area contributed by atoms with Gasteiger partial charge in [-0.25, -0.2) is 15.8 Å². The highest BCUT2D eigenvalue weighted by atomic mass is 35.5. The van der Waals surface area contributed by atoms with Gasteiger partial charge in [0.2, 0.25) is 0 Å². The molecule has 0 atom stereocenters. The summed E-state index contributed by atoms with van der Waals surface area (Å²) in [5, 5.41) is 4.01. The second-order valence-electron chi connectivity index (χ2n) is 4.86. The van der Waals surface area contributed by atoms with E-state index in [1.807, 2.05) is 24.3 Å². The van der Waals surface area contributed by atoms with Crippen LogP contribution >= 0.6 is 11.6 Å². The van der Waals surface area contributed by atoms with Gasteiger partial charge in [-0.2, -0.15) is 0 Å². The molecule has 1 aliphatic carbocycles. The fourth-order valence-electron chi connectivity index (χ4n) is 1.98. The van der Waals surface area contributed by atoms with E-state index in [1.54, 1.807) is 6.07 Å². The van der Waals surface area contributed by atoms with Gasteiger partial charge >= 0.3 is 0 Å². The van der Waals surface area contributed by atoms with Crippen LogP contribution in [0.1, 0.15) is 30.1 Å². The van der Waals surface area contributed by atoms with Crippen molar-refractivity contribution in [1.29, 1.82) is 0 Å². The average Bonchev–Trinajstić information content (AvgIpc) is 3.31. The van der Waals surface area contributed by atoms with Crippen molar-refractivity contribution in [3.8, 4) is 0 Å². The summed E-state index contributed by atoms with van der Waals surface area (Å²) >= 11 is 6.14. The zero-order chi connectivity index (χ0) is 13.9. The van der Waals surface area contributed by atoms with Crippen molar-refractivity contribution in [2.24, 2.45) is 5.84 Å². The summed E-state index contributed by atoms with van der Waals surface area (Å²) in [6, 6.07) is 9.54. The van der Waals surface area contributed by atoms with E-state index in [-0.39, 0.29) is 0 Å². The summed E-state index contributed by atoms with van der Waals surface area (Å²) in [7, 11) is 0. The summed E-state index contributed by atoms with van der Waals surface area (Å²) in [5.41, 5.74) is 3.61. The van der Waals surface area contributed by atoms with Crippen molar-refractivity contribution in [1.82, 2.24) is 9.97 Å². The first kappa shape index (κ1) is 13.1. The number of aromatic nitrogens is 2. The van der Waals surface area contributed by atoms with Crippen molar-refractivity contribution in [3.63, 3.8) is 0 Å². The van der Waals surface area contributed by atoms with Crippen molar-refractivity contribution in [3.05, 3.63) is 46.7 Å². The standard InChI is InChI=1S/C14H16ClN5/c15-11-4-2-1-3-10(11)8-17-12-7-13(20-16)19-14(18-12)9-5-6-9/h1-4,7,9H,5-6,8,16H2,(H2,17,18,19,20). The molecule has 3 rings (SSSR count). The monoisotopic (exact) mass is 289 g/mol. The van der Waals surface area contributed by atoms with Gasteiger partial charge in [0.1, 0.15) is 17.5 Å². The Bertz CT molecular complexity index is 612. The molecule has 0 radical (unpaired) electrons. The van der Waals surface area contributed by atoms with Crippen molar-refractivity contribution < 1.29 is 0 Å². The maximum Gasteiger partial charge on any atom is 0.145 e. The van der Waals surface area contributed by atoms with Crippen molar-refractivity contribution in [2.75, 3.05) is 10.7 Å². The molecule has 0 aliphatic heterocycles. The van der Waals surface area contributed by atoms with Crippen LogP contribution < -0.4 is 16.6 Å². The molecule has 1 heterocycles. The first-order valence-corrected chi connectivity index (χ1v) is 6.97. The fourth-order valence-corrected chi connectivity index (χ4v) is 2.18. The Kier molecular flexibility index (Phi) is 3.71. The Morgan fingerprint density at radius 2 is 1.95 bits per heavy atom. The SMILES string of the molecule is NNc1cc(NCc2ccccc2Cl)nc(C2CC2)n1. The predicted octanol–water partition coefficient (Wildman–Crippen LogP) is 2.91. The lowest BCUT2D eigenvalue weighted by atomic mass is 10.2. The number of nitrogens with two attached hydrogens (primary N) is 1. The average molecular weight is 290 g/mol. The first-order valence-electron chi connectivity index (χ1n) is 6.59. The third kappa shape index (κ3) is 3.00. The fraction of sp³-hybridized carbons (Fsp3) is 0.286. The van der Waals surface area contributed by atoms with E-state index in [1.165, 1.54) is 0 Å². The molecule has 1 saturated carbocycles. The zero-order valence-electron chi connectivity index (χ0n) is 10.9. The molecular formula is C14H16ClN5. The molecule has 0 unspecified atom stereocenters. The number of anilines is 2. The Morgan fingerprint density at radius 1 is 1.20 bits per heavy atom. The van der Waals surface area contributed by atoms with Crippen LogP contribution in [-0.4, -0.2) is 9.97 Å². The highest BCUT2D eigenvalue weighted by molar-refractivity contribution is 6.31. The maximum atomic E-state index is 6.14. The number of rotatable bonds is 5. The Hall–Kier alpha value is -1.85. The first-order chi connectivity index (χ1) is 9.76. The van der Waals surface area contributed by atoms with Gasteiger partial charge in [-0.05, 0) is 24.5 Å². The summed E-state index contributed by atoms with van der Waals surface area (Å²) in [5.74, 6) is 8.16. The number of halogens is 1. The molecule has 0 spiro atoms. The van der Waals surface area contributed by atoms with E-state index in [0.717, 1.165) is 35.1 Å². The molecule has 6 heteroatoms. The number of hydrazine groups is 1. The third-order valence-corrected chi connectivity index (χ3v) is 3.62. The molecule has 4 N–H and O–H groups in total. The van der Waals surface area contributed by atoms with Crippen LogP contribution in [0.5, 0.6) is 0 Å². The predicted molar refractivity (Wildman–Crippen MR) is 80.6 cm³/mol. The van der Waals surface area contributed by atoms with Crippen LogP contribution in [0.4, 0.5) is 11.6 Å². The molecular weight excluding hydrogens is 274 g/mol. The van der Waals surface area contributed by atoms with E-state index in [2.05, 4.69) is 20.7 Å². The minimum atomic E-state index is 0.476. The van der Waals surface area contributed by atoms with Crippen LogP contribution in [0.25, 0.3) is 0 Å². The van der Waals surface area contributed by atoms with E-state index in [4.69, 9.17) is 17.4 Å². The number of nitrogens with one attached hydrogen (secondary N) is 2. The van der Waals surface area contributed by atoms with Gasteiger partial charge in [-0.3, -0.25) is 0 Å². The highest BCUT2D eigenvalue weighted by Crippen LogP contribution is 2.38. The minimum Gasteiger partial charge on any atom is -0.366 e. The second kappa shape index (κ2) is 5.64. The maximum absolute atomic E-state index is 6.14. The van der Waals surface area contributed by atoms with Crippen LogP contribution in [0.2, 0.25) is 5.02 Å². The van der Waals surface area contributed by atoms with E-state index in [9.17, 15) is 0 Å². The van der Waals surface area contributed by atoms with Gasteiger partial charge in [0.15, 0.2) is 0 Å². The minimum absolute atomic E-state index is 0.476. The van der Waals surface area contributed by atoms with E-state index < -0.39 is 0 Å². The van der Waals surface area contributed by atoms with Crippen molar-refractivity contribution >= 4 is 23.2 Å². The third-order valence-electron chi connectivity index (χ3n) is 3.25. The van der Waals surface area contributed by atoms with Gasteiger partial charge < -0.3 is 10.7 Å². The van der Waals surface area contributed by atoms with Crippen LogP contribution in [0.15, 0.2) is 30.3 Å². The number of nitrogens with zero attached hydrogens (tertiary/aromatic N) is 2. The molecule has 1 aliphatic rings. The number of hydrogen-bond acceptors (Lipinski definition) is 5. The van der Waals surface area contributed by atoms with Crippen LogP contribution in [0, 0.1) is 0 Å². The smallest absolute Gasteiger partial charge is 0.145 e. The summed E-state index contributed by atoms with van der Waals surface area (Å²) in [6.07, 6.45) is 2.30. The van der Waals surface area contributed by atoms with Gasteiger partial charge in [0.25, 0.3) is 0 Å². The largest absolute Gasteiger partial charge is 0.366 e. The molecule has 1 fully saturated rings. The normalized spacial score (nSPS) is 14.1. The quantitative estimate of drug-likeness (QED) is 0.583. The molecule has 0 amide bonds. The molecule has 0 bridgehead atoms. The molecule has 1 aromatic carbocycles. The number of benzene rings is 1. The van der Waals surface area contributed by atoms with Gasteiger partial charge in [-0.1, -0.05) is 29.8 Å². The molecule has 104 valence electrons. The Labute approximate surface area is 122 Å². The summed E-state index contributed by atoms with van der Waals surface area (Å²) in [6.45, 7) is 0.616. The second-order valence-corrected chi connectivity index (χ2v) is 5.27. The lowest BCUT2D eigenvalue weighted by Gasteiger charge is -2.10. The molecule has 5 nitrogen and oxygen atoms in total. The zero-order valence-corrected chi connectivity index (χ0v) is 11.7. The number of nitrogen functional groups attached to an aromatic ring is 1. The van der Waals surface area contributed by atoms with Crippen molar-refractivity contribution in [2.45, 2.75) is 25.3 Å². The lowest BCUT2D eigenvalue weighted by molar-refractivity contribution is 0.920. The summed E-state index contributed by atoms with van der Waals surface area (Å²) in [4.78, 5) is 8.90. The highest BCUT2D eigenvalue weighted by Gasteiger charge is 2.27.